The zero-order valence-electron chi connectivity index (χ0n) is 5.31. The van der Waals surface area contributed by atoms with Crippen LogP contribution in [-0.2, 0) is 0 Å². The minimum atomic E-state index is 0.550. The molecule has 1 aromatic carbocycles. The second kappa shape index (κ2) is 2.40. The van der Waals surface area contributed by atoms with E-state index in [9.17, 15) is 0 Å². The van der Waals surface area contributed by atoms with Crippen molar-refractivity contribution in [2.75, 3.05) is 12.4 Å². The summed E-state index contributed by atoms with van der Waals surface area (Å²) in [5.41, 5.74) is 8.74. The molecular formula is C7H9N2. The van der Waals surface area contributed by atoms with Crippen LogP contribution in [0.3, 0.4) is 0 Å². The summed E-state index contributed by atoms with van der Waals surface area (Å²) in [5, 5.41) is 2.97. The molecule has 0 aliphatic carbocycles. The van der Waals surface area contributed by atoms with Gasteiger partial charge in [-0.25, -0.2) is 0 Å². The van der Waals surface area contributed by atoms with Crippen molar-refractivity contribution in [3.63, 3.8) is 0 Å². The van der Waals surface area contributed by atoms with Gasteiger partial charge < -0.3 is 11.1 Å². The highest BCUT2D eigenvalue weighted by Crippen LogP contribution is 2.09. The fourth-order valence-electron chi connectivity index (χ4n) is 0.637. The molecule has 2 N–H and O–H groups in total. The molecule has 47 valence electrons. The van der Waals surface area contributed by atoms with Gasteiger partial charge in [0.2, 0.25) is 0 Å². The minimum Gasteiger partial charge on any atom is -0.388 e. The zero-order valence-corrected chi connectivity index (χ0v) is 5.31. The monoisotopic (exact) mass is 121 g/mol. The molecule has 0 saturated heterocycles. The Morgan fingerprint density at radius 1 is 1.22 bits per heavy atom. The third kappa shape index (κ3) is 1.35. The average molecular weight is 121 g/mol. The van der Waals surface area contributed by atoms with Gasteiger partial charge in [-0.1, -0.05) is 0 Å². The number of hydrogen-bond donors (Lipinski definition) is 1. The Labute approximate surface area is 54.7 Å². The van der Waals surface area contributed by atoms with Gasteiger partial charge in [-0.2, -0.15) is 0 Å². The summed E-state index contributed by atoms with van der Waals surface area (Å²) in [6.45, 7) is 0. The maximum atomic E-state index is 7.14. The number of benzene rings is 1. The molecule has 0 atom stereocenters. The van der Waals surface area contributed by atoms with Gasteiger partial charge in [-0.3, -0.25) is 0 Å². The molecule has 0 aliphatic heterocycles. The number of hydrogen-bond acceptors (Lipinski definition) is 1. The zero-order chi connectivity index (χ0) is 6.69. The average Bonchev–Trinajstić information content (AvgIpc) is 1.90. The van der Waals surface area contributed by atoms with Gasteiger partial charge in [0.05, 0.1) is 5.69 Å². The molecule has 0 unspecified atom stereocenters. The Balaban J connectivity index is 2.88. The Morgan fingerprint density at radius 3 is 2.22 bits per heavy atom. The van der Waals surface area contributed by atoms with E-state index in [1.807, 2.05) is 19.2 Å². The molecule has 1 aromatic rings. The summed E-state index contributed by atoms with van der Waals surface area (Å²) in [7, 11) is 1.86. The predicted molar refractivity (Wildman–Crippen MR) is 38.7 cm³/mol. The van der Waals surface area contributed by atoms with E-state index in [0.717, 1.165) is 5.69 Å². The van der Waals surface area contributed by atoms with Crippen LogP contribution in [-0.4, -0.2) is 7.05 Å². The molecule has 0 spiro atoms. The van der Waals surface area contributed by atoms with Crippen LogP contribution in [0, 0.1) is 0 Å². The lowest BCUT2D eigenvalue weighted by atomic mass is 10.3. The smallest absolute Gasteiger partial charge is 0.0541 e. The lowest BCUT2D eigenvalue weighted by Gasteiger charge is -1.96. The quantitative estimate of drug-likeness (QED) is 0.602. The van der Waals surface area contributed by atoms with Gasteiger partial charge in [0.25, 0.3) is 0 Å². The molecule has 0 amide bonds. The molecular weight excluding hydrogens is 112 g/mol. The number of anilines is 1. The van der Waals surface area contributed by atoms with E-state index in [4.69, 9.17) is 5.73 Å². The summed E-state index contributed by atoms with van der Waals surface area (Å²) in [5.74, 6) is 0. The van der Waals surface area contributed by atoms with Crippen molar-refractivity contribution in [2.45, 2.75) is 0 Å². The SMILES string of the molecule is CNc1ccc([NH])cc1. The van der Waals surface area contributed by atoms with Crippen LogP contribution >= 0.6 is 0 Å². The van der Waals surface area contributed by atoms with Gasteiger partial charge in [0.1, 0.15) is 0 Å². The first-order valence-corrected chi connectivity index (χ1v) is 2.82. The van der Waals surface area contributed by atoms with Gasteiger partial charge in [-0.15, -0.1) is 0 Å². The largest absolute Gasteiger partial charge is 0.388 e. The highest BCUT2D eigenvalue weighted by Gasteiger charge is 1.84. The van der Waals surface area contributed by atoms with Crippen LogP contribution in [0.1, 0.15) is 0 Å². The van der Waals surface area contributed by atoms with Gasteiger partial charge in [-0.05, 0) is 24.3 Å². The van der Waals surface area contributed by atoms with Crippen molar-refractivity contribution in [1.82, 2.24) is 5.73 Å². The van der Waals surface area contributed by atoms with Crippen LogP contribution in [0.4, 0.5) is 11.4 Å². The molecule has 0 bridgehead atoms. The second-order valence-electron chi connectivity index (χ2n) is 1.83. The maximum Gasteiger partial charge on any atom is 0.0541 e. The maximum absolute atomic E-state index is 7.14. The first-order valence-electron chi connectivity index (χ1n) is 2.82. The van der Waals surface area contributed by atoms with Crippen LogP contribution in [0.5, 0.6) is 0 Å². The van der Waals surface area contributed by atoms with Crippen LogP contribution in [0.25, 0.3) is 0 Å². The molecule has 0 aliphatic rings. The van der Waals surface area contributed by atoms with E-state index < -0.39 is 0 Å². The predicted octanol–water partition coefficient (Wildman–Crippen LogP) is 1.64. The molecule has 0 heterocycles. The van der Waals surface area contributed by atoms with Crippen molar-refractivity contribution >= 4 is 11.4 Å². The molecule has 0 fully saturated rings. The van der Waals surface area contributed by atoms with E-state index >= 15 is 0 Å². The van der Waals surface area contributed by atoms with Crippen molar-refractivity contribution in [3.05, 3.63) is 24.3 Å². The molecule has 1 radical (unpaired) electrons. The summed E-state index contributed by atoms with van der Waals surface area (Å²) < 4.78 is 0. The summed E-state index contributed by atoms with van der Waals surface area (Å²) in [6.07, 6.45) is 0. The van der Waals surface area contributed by atoms with Crippen LogP contribution in [0.15, 0.2) is 24.3 Å². The molecule has 0 aromatic heterocycles. The topological polar surface area (TPSA) is 35.8 Å². The molecule has 9 heavy (non-hydrogen) atoms. The summed E-state index contributed by atoms with van der Waals surface area (Å²) in [6, 6.07) is 7.27. The Hall–Kier alpha value is -1.18. The van der Waals surface area contributed by atoms with Crippen molar-refractivity contribution in [3.8, 4) is 0 Å². The fraction of sp³-hybridized carbons (Fsp3) is 0.143. The van der Waals surface area contributed by atoms with Crippen LogP contribution < -0.4 is 11.1 Å². The molecule has 0 saturated carbocycles. The molecule has 2 heteroatoms. The highest BCUT2D eigenvalue weighted by molar-refractivity contribution is 5.49. The Morgan fingerprint density at radius 2 is 1.78 bits per heavy atom. The van der Waals surface area contributed by atoms with Gasteiger partial charge >= 0.3 is 0 Å². The standard InChI is InChI=1S/C7H9N2/c1-9-7-4-2-6(8)3-5-7/h2-5,8-9H,1H3. The number of nitrogens with one attached hydrogen (secondary N) is 2. The summed E-state index contributed by atoms with van der Waals surface area (Å²) in [4.78, 5) is 0. The van der Waals surface area contributed by atoms with Crippen molar-refractivity contribution in [1.29, 1.82) is 0 Å². The third-order valence-electron chi connectivity index (χ3n) is 1.17. The fourth-order valence-corrected chi connectivity index (χ4v) is 0.637. The van der Waals surface area contributed by atoms with Crippen molar-refractivity contribution in [2.24, 2.45) is 0 Å². The van der Waals surface area contributed by atoms with E-state index in [-0.39, 0.29) is 0 Å². The summed E-state index contributed by atoms with van der Waals surface area (Å²) >= 11 is 0. The number of rotatable bonds is 1. The van der Waals surface area contributed by atoms with Crippen LogP contribution in [0.2, 0.25) is 0 Å². The normalized spacial score (nSPS) is 9.00. The highest BCUT2D eigenvalue weighted by atomic mass is 14.8. The Bertz CT molecular complexity index is 179. The first kappa shape index (κ1) is 5.95. The lowest BCUT2D eigenvalue weighted by molar-refractivity contribution is 1.45. The van der Waals surface area contributed by atoms with E-state index in [2.05, 4.69) is 5.32 Å². The van der Waals surface area contributed by atoms with Crippen molar-refractivity contribution < 1.29 is 0 Å². The lowest BCUT2D eigenvalue weighted by Crippen LogP contribution is -1.85. The minimum absolute atomic E-state index is 0.550. The van der Waals surface area contributed by atoms with E-state index in [0.29, 0.717) is 5.69 Å². The third-order valence-corrected chi connectivity index (χ3v) is 1.17. The van der Waals surface area contributed by atoms with E-state index in [1.165, 1.54) is 0 Å². The molecule has 1 rings (SSSR count). The van der Waals surface area contributed by atoms with E-state index in [1.54, 1.807) is 12.1 Å². The van der Waals surface area contributed by atoms with Gasteiger partial charge in [0, 0.05) is 12.7 Å². The second-order valence-corrected chi connectivity index (χ2v) is 1.83. The first-order chi connectivity index (χ1) is 4.33. The molecule has 2 nitrogen and oxygen atoms in total. The van der Waals surface area contributed by atoms with Gasteiger partial charge in [0.15, 0.2) is 0 Å². The Kier molecular flexibility index (Phi) is 1.58.